The highest BCUT2D eigenvalue weighted by Crippen LogP contribution is 2.13. The van der Waals surface area contributed by atoms with Gasteiger partial charge in [0.25, 0.3) is 0 Å². The van der Waals surface area contributed by atoms with Gasteiger partial charge in [-0.15, -0.1) is 0 Å². The minimum atomic E-state index is 0.227. The molecule has 1 aliphatic rings. The Kier molecular flexibility index (Phi) is 4.35. The van der Waals surface area contributed by atoms with Crippen molar-refractivity contribution in [1.82, 2.24) is 15.1 Å². The number of carbonyl (C=O) groups is 1. The van der Waals surface area contributed by atoms with Crippen LogP contribution in [0.15, 0.2) is 0 Å². The van der Waals surface area contributed by atoms with Crippen molar-refractivity contribution in [2.75, 3.05) is 40.8 Å². The lowest BCUT2D eigenvalue weighted by molar-refractivity contribution is -0.131. The van der Waals surface area contributed by atoms with Crippen LogP contribution >= 0.6 is 0 Å². The van der Waals surface area contributed by atoms with E-state index in [-0.39, 0.29) is 5.91 Å². The summed E-state index contributed by atoms with van der Waals surface area (Å²) in [6, 6.07) is 0.647. The lowest BCUT2D eigenvalue weighted by atomic mass is 10.0. The smallest absolute Gasteiger partial charge is 0.236 e. The van der Waals surface area contributed by atoms with Gasteiger partial charge in [0.05, 0.1) is 6.54 Å². The van der Waals surface area contributed by atoms with Gasteiger partial charge in [0.2, 0.25) is 5.91 Å². The topological polar surface area (TPSA) is 35.6 Å². The highest BCUT2D eigenvalue weighted by atomic mass is 16.2. The zero-order valence-corrected chi connectivity index (χ0v) is 9.42. The van der Waals surface area contributed by atoms with Crippen LogP contribution in [0.25, 0.3) is 0 Å². The number of carbonyl (C=O) groups excluding carboxylic acids is 1. The molecule has 0 aromatic heterocycles. The Morgan fingerprint density at radius 3 is 2.43 bits per heavy atom. The van der Waals surface area contributed by atoms with E-state index in [1.165, 1.54) is 0 Å². The molecule has 0 radical (unpaired) electrons. The molecule has 1 heterocycles. The molecule has 0 bridgehead atoms. The Labute approximate surface area is 86.2 Å². The van der Waals surface area contributed by atoms with Crippen LogP contribution in [0.4, 0.5) is 0 Å². The standard InChI is InChI=1S/C10H21N3O/c1-11-8-10(14)13-6-4-9(5-7-13)12(2)3/h9,11H,4-8H2,1-3H3. The molecule has 14 heavy (non-hydrogen) atoms. The summed E-state index contributed by atoms with van der Waals surface area (Å²) in [5.74, 6) is 0.227. The summed E-state index contributed by atoms with van der Waals surface area (Å²) in [6.07, 6.45) is 2.20. The Bertz CT molecular complexity index is 186. The second kappa shape index (κ2) is 5.32. The summed E-state index contributed by atoms with van der Waals surface area (Å²) in [7, 11) is 6.02. The van der Waals surface area contributed by atoms with Gasteiger partial charge in [0, 0.05) is 19.1 Å². The minimum Gasteiger partial charge on any atom is -0.341 e. The van der Waals surface area contributed by atoms with Gasteiger partial charge in [-0.2, -0.15) is 0 Å². The van der Waals surface area contributed by atoms with E-state index in [1.807, 2.05) is 11.9 Å². The predicted molar refractivity (Wildman–Crippen MR) is 57.2 cm³/mol. The summed E-state index contributed by atoms with van der Waals surface area (Å²) in [5.41, 5.74) is 0. The minimum absolute atomic E-state index is 0.227. The zero-order valence-electron chi connectivity index (χ0n) is 9.42. The normalized spacial score (nSPS) is 19.0. The van der Waals surface area contributed by atoms with Crippen LogP contribution in [-0.4, -0.2) is 62.5 Å². The van der Waals surface area contributed by atoms with E-state index in [1.54, 1.807) is 0 Å². The third-order valence-electron chi connectivity index (χ3n) is 2.88. The van der Waals surface area contributed by atoms with Crippen LogP contribution in [0, 0.1) is 0 Å². The quantitative estimate of drug-likeness (QED) is 0.681. The van der Waals surface area contributed by atoms with Crippen molar-refractivity contribution in [2.45, 2.75) is 18.9 Å². The molecule has 4 heteroatoms. The summed E-state index contributed by atoms with van der Waals surface area (Å²) >= 11 is 0. The van der Waals surface area contributed by atoms with Gasteiger partial charge in [0.15, 0.2) is 0 Å². The molecule has 0 spiro atoms. The molecule has 1 saturated heterocycles. The van der Waals surface area contributed by atoms with Crippen molar-refractivity contribution >= 4 is 5.91 Å². The average Bonchev–Trinajstić information content (AvgIpc) is 2.18. The molecular formula is C10H21N3O. The van der Waals surface area contributed by atoms with Crippen LogP contribution in [0.3, 0.4) is 0 Å². The molecule has 0 aromatic rings. The van der Waals surface area contributed by atoms with Gasteiger partial charge in [-0.25, -0.2) is 0 Å². The number of nitrogens with one attached hydrogen (secondary N) is 1. The number of hydrogen-bond donors (Lipinski definition) is 1. The molecule has 0 aromatic carbocycles. The second-order valence-corrected chi connectivity index (χ2v) is 4.11. The van der Waals surface area contributed by atoms with Crippen molar-refractivity contribution in [3.05, 3.63) is 0 Å². The molecule has 1 amide bonds. The van der Waals surface area contributed by atoms with Crippen LogP contribution in [0.2, 0.25) is 0 Å². The largest absolute Gasteiger partial charge is 0.341 e. The van der Waals surface area contributed by atoms with Crippen molar-refractivity contribution in [3.8, 4) is 0 Å². The van der Waals surface area contributed by atoms with Crippen LogP contribution in [0.5, 0.6) is 0 Å². The number of likely N-dealkylation sites (N-methyl/N-ethyl adjacent to an activating group) is 1. The number of piperidine rings is 1. The molecule has 0 atom stereocenters. The molecule has 4 nitrogen and oxygen atoms in total. The Morgan fingerprint density at radius 2 is 2.00 bits per heavy atom. The van der Waals surface area contributed by atoms with Gasteiger partial charge in [-0.05, 0) is 34.0 Å². The van der Waals surface area contributed by atoms with E-state index < -0.39 is 0 Å². The number of amides is 1. The van der Waals surface area contributed by atoms with Gasteiger partial charge in [-0.1, -0.05) is 0 Å². The van der Waals surface area contributed by atoms with Crippen molar-refractivity contribution in [3.63, 3.8) is 0 Å². The van der Waals surface area contributed by atoms with Crippen molar-refractivity contribution in [2.24, 2.45) is 0 Å². The maximum absolute atomic E-state index is 11.5. The van der Waals surface area contributed by atoms with Crippen LogP contribution in [-0.2, 0) is 4.79 Å². The fourth-order valence-corrected chi connectivity index (χ4v) is 1.89. The van der Waals surface area contributed by atoms with E-state index in [0.717, 1.165) is 25.9 Å². The molecular weight excluding hydrogens is 178 g/mol. The lowest BCUT2D eigenvalue weighted by Crippen LogP contribution is -2.46. The summed E-state index contributed by atoms with van der Waals surface area (Å²) in [6.45, 7) is 2.28. The Balaban J connectivity index is 2.31. The first-order chi connectivity index (χ1) is 6.65. The fourth-order valence-electron chi connectivity index (χ4n) is 1.89. The van der Waals surface area contributed by atoms with Crippen molar-refractivity contribution in [1.29, 1.82) is 0 Å². The first-order valence-electron chi connectivity index (χ1n) is 5.24. The lowest BCUT2D eigenvalue weighted by Gasteiger charge is -2.35. The van der Waals surface area contributed by atoms with Crippen LogP contribution in [0.1, 0.15) is 12.8 Å². The van der Waals surface area contributed by atoms with Crippen LogP contribution < -0.4 is 5.32 Å². The zero-order chi connectivity index (χ0) is 10.6. The van der Waals surface area contributed by atoms with Gasteiger partial charge in [0.1, 0.15) is 0 Å². The maximum Gasteiger partial charge on any atom is 0.236 e. The molecule has 1 fully saturated rings. The highest BCUT2D eigenvalue weighted by molar-refractivity contribution is 5.78. The first kappa shape index (κ1) is 11.5. The molecule has 1 N–H and O–H groups in total. The number of nitrogens with zero attached hydrogens (tertiary/aromatic N) is 2. The fraction of sp³-hybridized carbons (Fsp3) is 0.900. The third-order valence-corrected chi connectivity index (χ3v) is 2.88. The summed E-state index contributed by atoms with van der Waals surface area (Å²) < 4.78 is 0. The third kappa shape index (κ3) is 2.96. The molecule has 0 saturated carbocycles. The van der Waals surface area contributed by atoms with E-state index in [0.29, 0.717) is 12.6 Å². The van der Waals surface area contributed by atoms with E-state index in [2.05, 4.69) is 24.3 Å². The van der Waals surface area contributed by atoms with Gasteiger partial charge >= 0.3 is 0 Å². The monoisotopic (exact) mass is 199 g/mol. The maximum atomic E-state index is 11.5. The first-order valence-corrected chi connectivity index (χ1v) is 5.24. The van der Waals surface area contributed by atoms with E-state index in [4.69, 9.17) is 0 Å². The molecule has 0 unspecified atom stereocenters. The predicted octanol–water partition coefficient (Wildman–Crippen LogP) is -0.242. The average molecular weight is 199 g/mol. The molecule has 82 valence electrons. The molecule has 1 aliphatic heterocycles. The van der Waals surface area contributed by atoms with E-state index in [9.17, 15) is 4.79 Å². The summed E-state index contributed by atoms with van der Waals surface area (Å²) in [4.78, 5) is 15.7. The highest BCUT2D eigenvalue weighted by Gasteiger charge is 2.22. The Hall–Kier alpha value is -0.610. The molecule has 1 rings (SSSR count). The number of likely N-dealkylation sites (tertiary alicyclic amines) is 1. The van der Waals surface area contributed by atoms with E-state index >= 15 is 0 Å². The van der Waals surface area contributed by atoms with Gasteiger partial charge < -0.3 is 15.1 Å². The summed E-state index contributed by atoms with van der Waals surface area (Å²) in [5, 5.41) is 2.90. The SMILES string of the molecule is CNCC(=O)N1CCC(N(C)C)CC1. The number of rotatable bonds is 3. The second-order valence-electron chi connectivity index (χ2n) is 4.11. The Morgan fingerprint density at radius 1 is 1.43 bits per heavy atom. The number of hydrogen-bond acceptors (Lipinski definition) is 3. The van der Waals surface area contributed by atoms with Gasteiger partial charge in [-0.3, -0.25) is 4.79 Å². The molecule has 0 aliphatic carbocycles. The van der Waals surface area contributed by atoms with Crippen molar-refractivity contribution < 1.29 is 4.79 Å².